The predicted molar refractivity (Wildman–Crippen MR) is 103 cm³/mol. The van der Waals surface area contributed by atoms with Crippen molar-refractivity contribution < 1.29 is 19.1 Å². The monoisotopic (exact) mass is 385 g/mol. The highest BCUT2D eigenvalue weighted by atomic mass is 35.5. The molecule has 1 fully saturated rings. The normalized spacial score (nSPS) is 22.8. The molecule has 0 aliphatic carbocycles. The van der Waals surface area contributed by atoms with Crippen LogP contribution in [-0.4, -0.2) is 40.7 Å². The summed E-state index contributed by atoms with van der Waals surface area (Å²) < 4.78 is 11.6. The summed E-state index contributed by atoms with van der Waals surface area (Å²) in [7, 11) is 0. The predicted octanol–water partition coefficient (Wildman–Crippen LogP) is 4.13. The summed E-state index contributed by atoms with van der Waals surface area (Å²) in [6.45, 7) is 2.34. The Balaban J connectivity index is 1.49. The first kappa shape index (κ1) is 17.9. The number of para-hydroxylation sites is 1. The minimum atomic E-state index is -1.17. The zero-order valence-corrected chi connectivity index (χ0v) is 15.6. The average molecular weight is 386 g/mol. The number of halogens is 1. The van der Waals surface area contributed by atoms with Crippen molar-refractivity contribution in [1.29, 1.82) is 0 Å². The fraction of sp³-hybridized carbons (Fsp3) is 0.286. The van der Waals surface area contributed by atoms with Crippen LogP contribution in [0.5, 0.6) is 5.75 Å². The largest absolute Gasteiger partial charge is 0.487 e. The van der Waals surface area contributed by atoms with Gasteiger partial charge in [0.1, 0.15) is 23.0 Å². The van der Waals surface area contributed by atoms with Crippen LogP contribution in [0.4, 0.5) is 0 Å². The minimum absolute atomic E-state index is 0.168. The molecule has 2 heterocycles. The Morgan fingerprint density at radius 1 is 1.26 bits per heavy atom. The van der Waals surface area contributed by atoms with Crippen LogP contribution in [0, 0.1) is 0 Å². The number of piperidine rings is 1. The van der Waals surface area contributed by atoms with E-state index in [9.17, 15) is 9.90 Å². The van der Waals surface area contributed by atoms with E-state index in [-0.39, 0.29) is 18.2 Å². The number of carbonyl (C=O) groups excluding carboxylic acids is 1. The van der Waals surface area contributed by atoms with Crippen molar-refractivity contribution in [2.45, 2.75) is 25.0 Å². The van der Waals surface area contributed by atoms with E-state index in [2.05, 4.69) is 0 Å². The van der Waals surface area contributed by atoms with Gasteiger partial charge in [0.15, 0.2) is 5.76 Å². The summed E-state index contributed by atoms with van der Waals surface area (Å²) in [6.07, 6.45) is 0.137. The second kappa shape index (κ2) is 6.91. The summed E-state index contributed by atoms with van der Waals surface area (Å²) in [6, 6.07) is 16.3. The molecule has 0 saturated carbocycles. The Hall–Kier alpha value is -2.50. The molecule has 0 unspecified atom stereocenters. The number of furan rings is 1. The summed E-state index contributed by atoms with van der Waals surface area (Å²) >= 11 is 5.99. The highest BCUT2D eigenvalue weighted by molar-refractivity contribution is 6.31. The number of amides is 1. The van der Waals surface area contributed by atoms with Crippen LogP contribution in [0.1, 0.15) is 23.9 Å². The molecule has 2 aromatic carbocycles. The van der Waals surface area contributed by atoms with Crippen LogP contribution < -0.4 is 4.74 Å². The number of rotatable bonds is 3. The Morgan fingerprint density at radius 3 is 2.78 bits per heavy atom. The number of fused-ring (bicyclic) bond motifs is 1. The van der Waals surface area contributed by atoms with E-state index < -0.39 is 11.7 Å². The number of carbonyl (C=O) groups is 1. The lowest BCUT2D eigenvalue weighted by Gasteiger charge is -2.42. The van der Waals surface area contributed by atoms with E-state index in [1.807, 2.05) is 30.3 Å². The quantitative estimate of drug-likeness (QED) is 0.736. The summed E-state index contributed by atoms with van der Waals surface area (Å²) in [5.41, 5.74) is -0.559. The third-order valence-electron chi connectivity index (χ3n) is 4.86. The van der Waals surface area contributed by atoms with Gasteiger partial charge in [-0.3, -0.25) is 4.79 Å². The molecular formula is C21H20ClNO4. The molecule has 4 rings (SSSR count). The van der Waals surface area contributed by atoms with Gasteiger partial charge in [-0.15, -0.1) is 0 Å². The third kappa shape index (κ3) is 3.66. The van der Waals surface area contributed by atoms with Gasteiger partial charge in [0.2, 0.25) is 0 Å². The minimum Gasteiger partial charge on any atom is -0.487 e. The van der Waals surface area contributed by atoms with E-state index in [1.54, 1.807) is 36.1 Å². The first-order valence-electron chi connectivity index (χ1n) is 8.85. The molecule has 1 amide bonds. The Morgan fingerprint density at radius 2 is 2.04 bits per heavy atom. The fourth-order valence-electron chi connectivity index (χ4n) is 3.45. The van der Waals surface area contributed by atoms with Gasteiger partial charge in [0.25, 0.3) is 5.91 Å². The van der Waals surface area contributed by atoms with Gasteiger partial charge < -0.3 is 19.2 Å². The molecule has 27 heavy (non-hydrogen) atoms. The molecule has 5 nitrogen and oxygen atoms in total. The van der Waals surface area contributed by atoms with Crippen LogP contribution in [0.25, 0.3) is 11.0 Å². The molecule has 3 aromatic rings. The van der Waals surface area contributed by atoms with Gasteiger partial charge in [-0.25, -0.2) is 0 Å². The lowest BCUT2D eigenvalue weighted by Crippen LogP contribution is -2.58. The smallest absolute Gasteiger partial charge is 0.289 e. The number of aliphatic hydroxyl groups is 1. The van der Waals surface area contributed by atoms with Crippen molar-refractivity contribution in [1.82, 2.24) is 4.90 Å². The molecule has 2 atom stereocenters. The number of nitrogens with zero attached hydrogens (tertiary/aromatic N) is 1. The van der Waals surface area contributed by atoms with Gasteiger partial charge in [-0.05, 0) is 43.3 Å². The first-order valence-corrected chi connectivity index (χ1v) is 9.23. The van der Waals surface area contributed by atoms with E-state index in [1.165, 1.54) is 0 Å². The molecule has 1 saturated heterocycles. The summed E-state index contributed by atoms with van der Waals surface area (Å²) in [4.78, 5) is 14.5. The van der Waals surface area contributed by atoms with E-state index in [0.717, 1.165) is 5.39 Å². The Bertz CT molecular complexity index is 967. The lowest BCUT2D eigenvalue weighted by molar-refractivity contribution is -0.0902. The molecule has 6 heteroatoms. The number of ether oxygens (including phenoxy) is 1. The number of likely N-dealkylation sites (tertiary alicyclic amines) is 1. The van der Waals surface area contributed by atoms with Gasteiger partial charge in [-0.2, -0.15) is 0 Å². The Kier molecular flexibility index (Phi) is 4.58. The second-order valence-corrected chi connectivity index (χ2v) is 7.52. The van der Waals surface area contributed by atoms with Crippen molar-refractivity contribution in [2.24, 2.45) is 0 Å². The zero-order chi connectivity index (χ0) is 19.0. The van der Waals surface area contributed by atoms with E-state index in [0.29, 0.717) is 29.3 Å². The van der Waals surface area contributed by atoms with E-state index >= 15 is 0 Å². The fourth-order valence-corrected chi connectivity index (χ4v) is 3.63. The van der Waals surface area contributed by atoms with Gasteiger partial charge in [0.05, 0.1) is 6.54 Å². The topological polar surface area (TPSA) is 62.9 Å². The number of hydrogen-bond donors (Lipinski definition) is 1. The van der Waals surface area contributed by atoms with Crippen LogP contribution in [0.2, 0.25) is 5.02 Å². The van der Waals surface area contributed by atoms with Crippen LogP contribution >= 0.6 is 11.6 Å². The van der Waals surface area contributed by atoms with E-state index in [4.69, 9.17) is 20.8 Å². The highest BCUT2D eigenvalue weighted by Gasteiger charge is 2.42. The van der Waals surface area contributed by atoms with Crippen LogP contribution in [0.3, 0.4) is 0 Å². The van der Waals surface area contributed by atoms with Crippen molar-refractivity contribution in [3.05, 3.63) is 65.4 Å². The second-order valence-electron chi connectivity index (χ2n) is 7.08. The zero-order valence-electron chi connectivity index (χ0n) is 14.9. The highest BCUT2D eigenvalue weighted by Crippen LogP contribution is 2.29. The lowest BCUT2D eigenvalue weighted by atomic mass is 9.91. The van der Waals surface area contributed by atoms with Crippen molar-refractivity contribution in [3.8, 4) is 5.75 Å². The molecule has 1 N–H and O–H groups in total. The maximum Gasteiger partial charge on any atom is 0.289 e. The summed E-state index contributed by atoms with van der Waals surface area (Å²) in [5.74, 6) is 0.697. The summed E-state index contributed by atoms with van der Waals surface area (Å²) in [5, 5.41) is 12.2. The van der Waals surface area contributed by atoms with Gasteiger partial charge in [0, 0.05) is 23.4 Å². The SMILES string of the molecule is C[C@]1(O)CN(C(=O)c2cc3cc(Cl)ccc3o2)CC[C@@H]1Oc1ccccc1. The maximum atomic E-state index is 12.9. The van der Waals surface area contributed by atoms with Gasteiger partial charge >= 0.3 is 0 Å². The molecule has 0 bridgehead atoms. The van der Waals surface area contributed by atoms with Crippen molar-refractivity contribution >= 4 is 28.5 Å². The van der Waals surface area contributed by atoms with Crippen molar-refractivity contribution in [3.63, 3.8) is 0 Å². The molecule has 0 radical (unpaired) electrons. The molecule has 1 aromatic heterocycles. The Labute approximate surface area is 162 Å². The van der Waals surface area contributed by atoms with Crippen LogP contribution in [-0.2, 0) is 0 Å². The van der Waals surface area contributed by atoms with Gasteiger partial charge in [-0.1, -0.05) is 29.8 Å². The molecule has 1 aliphatic rings. The molecule has 140 valence electrons. The number of benzene rings is 2. The number of β-amino-alcohol motifs (C(OH)–C–C–N with tert-alkyl or cyclic N) is 1. The first-order chi connectivity index (χ1) is 12.9. The molecule has 0 spiro atoms. The van der Waals surface area contributed by atoms with Crippen LogP contribution in [0.15, 0.2) is 59.0 Å². The maximum absolute atomic E-state index is 12.9. The molecular weight excluding hydrogens is 366 g/mol. The molecule has 1 aliphatic heterocycles. The van der Waals surface area contributed by atoms with Crippen molar-refractivity contribution in [2.75, 3.05) is 13.1 Å². The standard InChI is InChI=1S/C21H20ClNO4/c1-21(25)13-23(10-9-19(21)26-16-5-3-2-4-6-16)20(24)18-12-14-11-15(22)7-8-17(14)27-18/h2-8,11-12,19,25H,9-10,13H2,1H3/t19-,21-/m0/s1. The average Bonchev–Trinajstić information content (AvgIpc) is 3.06. The number of hydrogen-bond acceptors (Lipinski definition) is 4. The third-order valence-corrected chi connectivity index (χ3v) is 5.10.